The lowest BCUT2D eigenvalue weighted by molar-refractivity contribution is 0.0520. The van der Waals surface area contributed by atoms with Crippen molar-refractivity contribution in [1.82, 2.24) is 19.6 Å². The molecule has 0 aliphatic heterocycles. The lowest BCUT2D eigenvalue weighted by Crippen LogP contribution is -2.18. The molecular formula is C15H12ClF2N5O2. The van der Waals surface area contributed by atoms with Crippen LogP contribution in [-0.4, -0.2) is 25.5 Å². The summed E-state index contributed by atoms with van der Waals surface area (Å²) in [6.45, 7) is -2.81. The Bertz CT molecular complexity index is 880. The lowest BCUT2D eigenvalue weighted by Gasteiger charge is -2.06. The van der Waals surface area contributed by atoms with Gasteiger partial charge in [-0.05, 0) is 24.3 Å². The number of carbonyl (C=O) groups is 1. The highest BCUT2D eigenvalue weighted by atomic mass is 35.5. The minimum Gasteiger partial charge on any atom is -0.471 e. The van der Waals surface area contributed by atoms with Crippen LogP contribution in [0.15, 0.2) is 48.9 Å². The summed E-state index contributed by atoms with van der Waals surface area (Å²) in [5.41, 5.74) is 0.0830. The molecule has 3 aromatic rings. The Balaban J connectivity index is 1.61. The van der Waals surface area contributed by atoms with Crippen LogP contribution in [0, 0.1) is 0 Å². The van der Waals surface area contributed by atoms with E-state index in [9.17, 15) is 13.6 Å². The van der Waals surface area contributed by atoms with Crippen molar-refractivity contribution in [3.05, 3.63) is 59.6 Å². The lowest BCUT2D eigenvalue weighted by atomic mass is 10.3. The first-order valence-electron chi connectivity index (χ1n) is 7.07. The van der Waals surface area contributed by atoms with Crippen molar-refractivity contribution < 1.29 is 18.3 Å². The maximum absolute atomic E-state index is 12.7. The molecule has 7 nitrogen and oxygen atoms in total. The summed E-state index contributed by atoms with van der Waals surface area (Å²) in [5.74, 6) is -0.150. The number of rotatable bonds is 6. The second-order valence-electron chi connectivity index (χ2n) is 4.89. The molecule has 130 valence electrons. The van der Waals surface area contributed by atoms with Gasteiger partial charge in [0, 0.05) is 11.2 Å². The first-order valence-corrected chi connectivity index (χ1v) is 7.44. The minimum absolute atomic E-state index is 0.0885. The first-order chi connectivity index (χ1) is 12.0. The molecule has 25 heavy (non-hydrogen) atoms. The summed E-state index contributed by atoms with van der Waals surface area (Å²) in [6.07, 6.45) is 4.01. The molecular weight excluding hydrogens is 356 g/mol. The van der Waals surface area contributed by atoms with E-state index >= 15 is 0 Å². The van der Waals surface area contributed by atoms with Crippen molar-refractivity contribution in [3.8, 4) is 5.75 Å². The number of halogens is 3. The monoisotopic (exact) mass is 367 g/mol. The maximum Gasteiger partial charge on any atom is 0.333 e. The van der Waals surface area contributed by atoms with Crippen molar-refractivity contribution in [2.24, 2.45) is 0 Å². The summed E-state index contributed by atoms with van der Waals surface area (Å²) < 4.78 is 32.7. The molecule has 2 aromatic heterocycles. The van der Waals surface area contributed by atoms with Crippen molar-refractivity contribution in [1.29, 1.82) is 0 Å². The second-order valence-corrected chi connectivity index (χ2v) is 5.33. The quantitative estimate of drug-likeness (QED) is 0.724. The van der Waals surface area contributed by atoms with E-state index in [1.54, 1.807) is 24.3 Å². The zero-order chi connectivity index (χ0) is 17.8. The van der Waals surface area contributed by atoms with E-state index in [-0.39, 0.29) is 12.4 Å². The smallest absolute Gasteiger partial charge is 0.333 e. The number of nitrogens with zero attached hydrogens (tertiary/aromatic N) is 4. The van der Waals surface area contributed by atoms with Gasteiger partial charge in [-0.2, -0.15) is 23.7 Å². The van der Waals surface area contributed by atoms with Gasteiger partial charge in [0.1, 0.15) is 11.4 Å². The molecule has 0 bridgehead atoms. The molecule has 10 heteroatoms. The van der Waals surface area contributed by atoms with Gasteiger partial charge in [0.05, 0.1) is 18.1 Å². The van der Waals surface area contributed by atoms with Gasteiger partial charge in [0.25, 0.3) is 5.91 Å². The number of anilines is 1. The summed E-state index contributed by atoms with van der Waals surface area (Å²) in [6, 6.07) is 8.07. The van der Waals surface area contributed by atoms with Crippen molar-refractivity contribution >= 4 is 23.2 Å². The summed E-state index contributed by atoms with van der Waals surface area (Å²) in [5, 5.41) is 10.4. The van der Waals surface area contributed by atoms with Crippen LogP contribution in [0.5, 0.6) is 5.75 Å². The van der Waals surface area contributed by atoms with Crippen molar-refractivity contribution in [2.75, 3.05) is 5.32 Å². The number of benzene rings is 1. The molecule has 1 amide bonds. The van der Waals surface area contributed by atoms with E-state index in [0.717, 1.165) is 6.20 Å². The summed E-state index contributed by atoms with van der Waals surface area (Å²) in [7, 11) is 0. The molecule has 0 atom stereocenters. The third-order valence-electron chi connectivity index (χ3n) is 3.14. The third-order valence-corrected chi connectivity index (χ3v) is 3.37. The summed E-state index contributed by atoms with van der Waals surface area (Å²) >= 11 is 5.86. The highest BCUT2D eigenvalue weighted by Gasteiger charge is 2.18. The molecule has 0 saturated heterocycles. The number of alkyl halides is 2. The fourth-order valence-corrected chi connectivity index (χ4v) is 2.22. The van der Waals surface area contributed by atoms with Crippen LogP contribution in [-0.2, 0) is 6.73 Å². The van der Waals surface area contributed by atoms with E-state index in [1.807, 2.05) is 0 Å². The average molecular weight is 368 g/mol. The number of aromatic nitrogens is 4. The van der Waals surface area contributed by atoms with E-state index in [0.29, 0.717) is 21.1 Å². The minimum atomic E-state index is -2.90. The average Bonchev–Trinajstić information content (AvgIpc) is 3.22. The molecule has 0 saturated carbocycles. The van der Waals surface area contributed by atoms with E-state index in [1.165, 1.54) is 23.1 Å². The molecule has 2 heterocycles. The molecule has 0 unspecified atom stereocenters. The molecule has 3 rings (SSSR count). The van der Waals surface area contributed by atoms with Crippen LogP contribution < -0.4 is 10.1 Å². The Morgan fingerprint density at radius 1 is 1.32 bits per heavy atom. The van der Waals surface area contributed by atoms with E-state index < -0.39 is 12.5 Å². The number of hydrogen-bond acceptors (Lipinski definition) is 4. The van der Waals surface area contributed by atoms with Crippen LogP contribution in [0.4, 0.5) is 14.5 Å². The van der Waals surface area contributed by atoms with Gasteiger partial charge in [-0.15, -0.1) is 0 Å². The Morgan fingerprint density at radius 3 is 2.92 bits per heavy atom. The topological polar surface area (TPSA) is 74.0 Å². The van der Waals surface area contributed by atoms with Crippen molar-refractivity contribution in [2.45, 2.75) is 13.3 Å². The van der Waals surface area contributed by atoms with Gasteiger partial charge in [0.15, 0.2) is 6.73 Å². The highest BCUT2D eigenvalue weighted by Crippen LogP contribution is 2.18. The number of ether oxygens (including phenoxy) is 1. The van der Waals surface area contributed by atoms with Gasteiger partial charge in [-0.1, -0.05) is 17.7 Å². The van der Waals surface area contributed by atoms with E-state index in [4.69, 9.17) is 16.3 Å². The molecule has 0 fully saturated rings. The summed E-state index contributed by atoms with van der Waals surface area (Å²) in [4.78, 5) is 12.0. The standard InChI is InChI=1S/C15H12ClF2N5O2/c16-10-2-1-3-12(6-10)25-9-22-8-11(7-20-22)21-14(24)13-4-5-19-23(13)15(17)18/h1-8,15H,9H2,(H,21,24). The van der Waals surface area contributed by atoms with Gasteiger partial charge in [0.2, 0.25) is 0 Å². The fourth-order valence-electron chi connectivity index (χ4n) is 2.04. The van der Waals surface area contributed by atoms with Gasteiger partial charge >= 0.3 is 6.55 Å². The number of hydrogen-bond donors (Lipinski definition) is 1. The number of amides is 1. The largest absolute Gasteiger partial charge is 0.471 e. The Hall–Kier alpha value is -2.94. The Kier molecular flexibility index (Phi) is 4.94. The first kappa shape index (κ1) is 16.9. The Morgan fingerprint density at radius 2 is 2.16 bits per heavy atom. The number of nitrogens with one attached hydrogen (secondary N) is 1. The van der Waals surface area contributed by atoms with Crippen LogP contribution in [0.3, 0.4) is 0 Å². The normalized spacial score (nSPS) is 10.9. The molecule has 1 N–H and O–H groups in total. The molecule has 0 radical (unpaired) electrons. The van der Waals surface area contributed by atoms with Crippen LogP contribution in [0.2, 0.25) is 5.02 Å². The van der Waals surface area contributed by atoms with Crippen molar-refractivity contribution in [3.63, 3.8) is 0 Å². The van der Waals surface area contributed by atoms with Crippen LogP contribution in [0.1, 0.15) is 17.0 Å². The molecule has 0 aliphatic carbocycles. The van der Waals surface area contributed by atoms with E-state index in [2.05, 4.69) is 15.5 Å². The van der Waals surface area contributed by atoms with Gasteiger partial charge in [-0.25, -0.2) is 4.68 Å². The Labute approximate surface area is 145 Å². The maximum atomic E-state index is 12.7. The SMILES string of the molecule is O=C(Nc1cnn(COc2cccc(Cl)c2)c1)c1ccnn1C(F)F. The molecule has 0 aliphatic rings. The van der Waals surface area contributed by atoms with Crippen LogP contribution in [0.25, 0.3) is 0 Å². The zero-order valence-electron chi connectivity index (χ0n) is 12.6. The van der Waals surface area contributed by atoms with Crippen LogP contribution >= 0.6 is 11.6 Å². The van der Waals surface area contributed by atoms with Gasteiger partial charge in [-0.3, -0.25) is 4.79 Å². The van der Waals surface area contributed by atoms with Gasteiger partial charge < -0.3 is 10.1 Å². The highest BCUT2D eigenvalue weighted by molar-refractivity contribution is 6.30. The second kappa shape index (κ2) is 7.31. The number of carbonyl (C=O) groups excluding carboxylic acids is 1. The fraction of sp³-hybridized carbons (Fsp3) is 0.133. The predicted molar refractivity (Wildman–Crippen MR) is 85.7 cm³/mol. The zero-order valence-corrected chi connectivity index (χ0v) is 13.4. The third kappa shape index (κ3) is 4.13. The molecule has 1 aromatic carbocycles. The molecule has 0 spiro atoms. The predicted octanol–water partition coefficient (Wildman–Crippen LogP) is 3.42.